The van der Waals surface area contributed by atoms with Crippen molar-refractivity contribution in [1.82, 2.24) is 10.6 Å². The van der Waals surface area contributed by atoms with Gasteiger partial charge in [0.25, 0.3) is 5.91 Å². The van der Waals surface area contributed by atoms with Crippen molar-refractivity contribution < 1.29 is 23.0 Å². The average molecular weight is 406 g/mol. The summed E-state index contributed by atoms with van der Waals surface area (Å²) in [6.45, 7) is -2.14. The standard InChI is InChI=1S/C20H24F2N4O3/c1-24-20(26-12-15-4-2-3-5-17(15)29-19(21)22)25-11-10-14-6-8-16(9-7-14)28-13-18(23)27/h2-9,19H,10-13H2,1H3,(H2,23,27)(H2,24,25,26). The number of amides is 1. The Morgan fingerprint density at radius 2 is 1.86 bits per heavy atom. The molecule has 0 bridgehead atoms. The number of nitrogens with two attached hydrogens (primary N) is 1. The Bertz CT molecular complexity index is 814. The average Bonchev–Trinajstić information content (AvgIpc) is 2.70. The molecule has 1 amide bonds. The predicted molar refractivity (Wildman–Crippen MR) is 106 cm³/mol. The van der Waals surface area contributed by atoms with Gasteiger partial charge in [0, 0.05) is 25.7 Å². The zero-order valence-corrected chi connectivity index (χ0v) is 16.0. The molecule has 156 valence electrons. The number of rotatable bonds is 10. The van der Waals surface area contributed by atoms with Gasteiger partial charge in [0.15, 0.2) is 12.6 Å². The minimum atomic E-state index is -2.87. The van der Waals surface area contributed by atoms with Gasteiger partial charge in [-0.25, -0.2) is 0 Å². The Kier molecular flexibility index (Phi) is 8.68. The quantitative estimate of drug-likeness (QED) is 0.415. The number of aliphatic imine (C=N–C) groups is 1. The number of hydrogen-bond donors (Lipinski definition) is 3. The molecule has 7 nitrogen and oxygen atoms in total. The van der Waals surface area contributed by atoms with Crippen LogP contribution in [0.2, 0.25) is 0 Å². The molecule has 0 unspecified atom stereocenters. The summed E-state index contributed by atoms with van der Waals surface area (Å²) < 4.78 is 34.7. The molecule has 2 aromatic rings. The van der Waals surface area contributed by atoms with Crippen LogP contribution in [0.25, 0.3) is 0 Å². The van der Waals surface area contributed by atoms with Crippen molar-refractivity contribution in [1.29, 1.82) is 0 Å². The van der Waals surface area contributed by atoms with E-state index in [0.29, 0.717) is 23.8 Å². The monoisotopic (exact) mass is 406 g/mol. The lowest BCUT2D eigenvalue weighted by atomic mass is 10.1. The number of carbonyl (C=O) groups excluding carboxylic acids is 1. The summed E-state index contributed by atoms with van der Waals surface area (Å²) in [5.41, 5.74) is 6.70. The number of para-hydroxylation sites is 1. The number of primary amides is 1. The van der Waals surface area contributed by atoms with Crippen LogP contribution in [0.3, 0.4) is 0 Å². The van der Waals surface area contributed by atoms with E-state index in [1.54, 1.807) is 37.4 Å². The smallest absolute Gasteiger partial charge is 0.387 e. The zero-order chi connectivity index (χ0) is 21.1. The van der Waals surface area contributed by atoms with Crippen molar-refractivity contribution >= 4 is 11.9 Å². The van der Waals surface area contributed by atoms with E-state index in [2.05, 4.69) is 20.4 Å². The van der Waals surface area contributed by atoms with E-state index in [-0.39, 0.29) is 18.9 Å². The molecule has 0 aliphatic rings. The summed E-state index contributed by atoms with van der Waals surface area (Å²) >= 11 is 0. The maximum atomic E-state index is 12.5. The Morgan fingerprint density at radius 1 is 1.14 bits per heavy atom. The fourth-order valence-electron chi connectivity index (χ4n) is 2.49. The second-order valence-electron chi connectivity index (χ2n) is 5.99. The lowest BCUT2D eigenvalue weighted by molar-refractivity contribution is -0.119. The van der Waals surface area contributed by atoms with Crippen LogP contribution in [-0.4, -0.2) is 38.7 Å². The summed E-state index contributed by atoms with van der Waals surface area (Å²) in [4.78, 5) is 14.8. The molecule has 0 saturated heterocycles. The predicted octanol–water partition coefficient (Wildman–Crippen LogP) is 2.06. The van der Waals surface area contributed by atoms with Gasteiger partial charge in [0.1, 0.15) is 11.5 Å². The van der Waals surface area contributed by atoms with E-state index < -0.39 is 12.5 Å². The molecule has 2 rings (SSSR count). The topological polar surface area (TPSA) is 98.0 Å². The molecule has 0 heterocycles. The lowest BCUT2D eigenvalue weighted by Crippen LogP contribution is -2.37. The highest BCUT2D eigenvalue weighted by Gasteiger charge is 2.09. The Balaban J connectivity index is 1.79. The highest BCUT2D eigenvalue weighted by Crippen LogP contribution is 2.19. The summed E-state index contributed by atoms with van der Waals surface area (Å²) in [7, 11) is 1.63. The van der Waals surface area contributed by atoms with Gasteiger partial charge in [-0.1, -0.05) is 30.3 Å². The molecule has 0 fully saturated rings. The van der Waals surface area contributed by atoms with Gasteiger partial charge in [-0.2, -0.15) is 8.78 Å². The second-order valence-corrected chi connectivity index (χ2v) is 5.99. The number of nitrogens with one attached hydrogen (secondary N) is 2. The number of carbonyl (C=O) groups is 1. The fraction of sp³-hybridized carbons (Fsp3) is 0.300. The van der Waals surface area contributed by atoms with E-state index in [9.17, 15) is 13.6 Å². The molecule has 9 heteroatoms. The number of nitrogens with zero attached hydrogens (tertiary/aromatic N) is 1. The van der Waals surface area contributed by atoms with Gasteiger partial charge in [-0.3, -0.25) is 9.79 Å². The van der Waals surface area contributed by atoms with Gasteiger partial charge in [-0.05, 0) is 30.2 Å². The van der Waals surface area contributed by atoms with Crippen LogP contribution in [0.4, 0.5) is 8.78 Å². The van der Waals surface area contributed by atoms with Crippen LogP contribution in [0.1, 0.15) is 11.1 Å². The molecular weight excluding hydrogens is 382 g/mol. The van der Waals surface area contributed by atoms with Crippen LogP contribution < -0.4 is 25.8 Å². The third kappa shape index (κ3) is 8.04. The Labute approximate surface area is 167 Å². The number of halogens is 2. The van der Waals surface area contributed by atoms with Gasteiger partial charge < -0.3 is 25.8 Å². The molecule has 0 saturated carbocycles. The van der Waals surface area contributed by atoms with Crippen molar-refractivity contribution in [2.24, 2.45) is 10.7 Å². The SMILES string of the molecule is CN=C(NCCc1ccc(OCC(N)=O)cc1)NCc1ccccc1OC(F)F. The molecule has 0 atom stereocenters. The number of benzene rings is 2. The number of hydrogen-bond acceptors (Lipinski definition) is 4. The van der Waals surface area contributed by atoms with Crippen molar-refractivity contribution in [3.8, 4) is 11.5 Å². The summed E-state index contributed by atoms with van der Waals surface area (Å²) in [6.07, 6.45) is 0.724. The Hall–Kier alpha value is -3.36. The molecule has 0 aromatic heterocycles. The van der Waals surface area contributed by atoms with E-state index in [1.807, 2.05) is 12.1 Å². The minimum Gasteiger partial charge on any atom is -0.484 e. The molecule has 0 radical (unpaired) electrons. The first kappa shape index (κ1) is 21.9. The minimum absolute atomic E-state index is 0.129. The van der Waals surface area contributed by atoms with E-state index in [1.165, 1.54) is 6.07 Å². The van der Waals surface area contributed by atoms with Crippen LogP contribution in [0.5, 0.6) is 11.5 Å². The first-order valence-corrected chi connectivity index (χ1v) is 8.95. The van der Waals surface area contributed by atoms with Gasteiger partial charge in [0.05, 0.1) is 0 Å². The normalized spacial score (nSPS) is 11.2. The second kappa shape index (κ2) is 11.5. The van der Waals surface area contributed by atoms with Gasteiger partial charge in [0.2, 0.25) is 0 Å². The van der Waals surface area contributed by atoms with Crippen LogP contribution in [0.15, 0.2) is 53.5 Å². The van der Waals surface area contributed by atoms with Crippen molar-refractivity contribution in [3.05, 3.63) is 59.7 Å². The lowest BCUT2D eigenvalue weighted by Gasteiger charge is -2.14. The van der Waals surface area contributed by atoms with Crippen molar-refractivity contribution in [2.45, 2.75) is 19.6 Å². The van der Waals surface area contributed by atoms with Crippen molar-refractivity contribution in [2.75, 3.05) is 20.2 Å². The molecule has 29 heavy (non-hydrogen) atoms. The molecule has 4 N–H and O–H groups in total. The van der Waals surface area contributed by atoms with E-state index in [0.717, 1.165) is 12.0 Å². The maximum Gasteiger partial charge on any atom is 0.387 e. The third-order valence-corrected chi connectivity index (χ3v) is 3.87. The van der Waals surface area contributed by atoms with E-state index in [4.69, 9.17) is 10.5 Å². The molecule has 2 aromatic carbocycles. The van der Waals surface area contributed by atoms with Crippen molar-refractivity contribution in [3.63, 3.8) is 0 Å². The van der Waals surface area contributed by atoms with Crippen LogP contribution in [0, 0.1) is 0 Å². The number of alkyl halides is 2. The zero-order valence-electron chi connectivity index (χ0n) is 16.0. The number of ether oxygens (including phenoxy) is 2. The Morgan fingerprint density at radius 3 is 2.52 bits per heavy atom. The summed E-state index contributed by atoms with van der Waals surface area (Å²) in [5, 5.41) is 6.23. The van der Waals surface area contributed by atoms with Gasteiger partial charge >= 0.3 is 6.61 Å². The summed E-state index contributed by atoms with van der Waals surface area (Å²) in [5.74, 6) is 0.713. The van der Waals surface area contributed by atoms with Crippen LogP contribution >= 0.6 is 0 Å². The maximum absolute atomic E-state index is 12.5. The molecule has 0 aliphatic carbocycles. The van der Waals surface area contributed by atoms with Gasteiger partial charge in [-0.15, -0.1) is 0 Å². The number of guanidine groups is 1. The first-order valence-electron chi connectivity index (χ1n) is 8.95. The molecular formula is C20H24F2N4O3. The largest absolute Gasteiger partial charge is 0.484 e. The summed E-state index contributed by atoms with van der Waals surface area (Å²) in [6, 6.07) is 13.9. The highest BCUT2D eigenvalue weighted by atomic mass is 19.3. The fourth-order valence-corrected chi connectivity index (χ4v) is 2.49. The highest BCUT2D eigenvalue weighted by molar-refractivity contribution is 5.79. The van der Waals surface area contributed by atoms with E-state index >= 15 is 0 Å². The first-order chi connectivity index (χ1) is 14.0. The molecule has 0 spiro atoms. The van der Waals surface area contributed by atoms with Crippen LogP contribution in [-0.2, 0) is 17.8 Å². The molecule has 0 aliphatic heterocycles. The third-order valence-electron chi connectivity index (χ3n) is 3.87.